The van der Waals surface area contributed by atoms with E-state index in [0.29, 0.717) is 30.4 Å². The second-order valence-corrected chi connectivity index (χ2v) is 8.51. The number of pyridine rings is 1. The molecule has 1 aliphatic rings. The van der Waals surface area contributed by atoms with E-state index in [1.807, 2.05) is 6.20 Å². The Morgan fingerprint density at radius 2 is 2.00 bits per heavy atom. The molecular weight excluding hydrogens is 406 g/mol. The van der Waals surface area contributed by atoms with Crippen molar-refractivity contribution >= 4 is 17.3 Å². The fraction of sp³-hybridized carbons (Fsp3) is 0.565. The molecule has 0 saturated carbocycles. The number of piperidine rings is 1. The number of nitrogens with two attached hydrogens (primary N) is 1. The summed E-state index contributed by atoms with van der Waals surface area (Å²) in [4.78, 5) is 15.8. The van der Waals surface area contributed by atoms with Crippen molar-refractivity contribution in [1.29, 1.82) is 0 Å². The molecule has 0 unspecified atom stereocenters. The highest BCUT2D eigenvalue weighted by Gasteiger charge is 2.21. The molecule has 0 aliphatic carbocycles. The number of rotatable bonds is 9. The predicted octanol–water partition coefficient (Wildman–Crippen LogP) is 3.04. The SMILES string of the molecule is CCCCOc1nc(N)c2ncc(Cc3cnc(N4CCC(COC)CC4)c(C)c3)n2n1. The summed E-state index contributed by atoms with van der Waals surface area (Å²) < 4.78 is 12.7. The molecule has 3 aromatic rings. The largest absolute Gasteiger partial charge is 0.462 e. The Labute approximate surface area is 189 Å². The smallest absolute Gasteiger partial charge is 0.336 e. The van der Waals surface area contributed by atoms with Gasteiger partial charge < -0.3 is 20.1 Å². The van der Waals surface area contributed by atoms with Crippen LogP contribution in [0.15, 0.2) is 18.5 Å². The molecule has 32 heavy (non-hydrogen) atoms. The molecule has 0 bridgehead atoms. The maximum atomic E-state index is 6.08. The number of ether oxygens (including phenoxy) is 2. The van der Waals surface area contributed by atoms with Crippen LogP contribution in [0.2, 0.25) is 0 Å². The zero-order chi connectivity index (χ0) is 22.5. The van der Waals surface area contributed by atoms with Gasteiger partial charge in [-0.3, -0.25) is 0 Å². The van der Waals surface area contributed by atoms with E-state index in [9.17, 15) is 0 Å². The van der Waals surface area contributed by atoms with Gasteiger partial charge in [-0.2, -0.15) is 4.98 Å². The molecule has 172 valence electrons. The van der Waals surface area contributed by atoms with Crippen LogP contribution < -0.4 is 15.4 Å². The average Bonchev–Trinajstić information content (AvgIpc) is 3.18. The van der Waals surface area contributed by atoms with Crippen LogP contribution in [-0.4, -0.2) is 58.0 Å². The molecule has 1 saturated heterocycles. The van der Waals surface area contributed by atoms with Crippen molar-refractivity contribution in [3.8, 4) is 6.01 Å². The third kappa shape index (κ3) is 4.93. The zero-order valence-electron chi connectivity index (χ0n) is 19.3. The van der Waals surface area contributed by atoms with E-state index in [1.54, 1.807) is 17.8 Å². The van der Waals surface area contributed by atoms with Gasteiger partial charge in [0.15, 0.2) is 11.5 Å². The Balaban J connectivity index is 1.49. The van der Waals surface area contributed by atoms with Crippen molar-refractivity contribution in [2.24, 2.45) is 5.92 Å². The van der Waals surface area contributed by atoms with Gasteiger partial charge in [0.05, 0.1) is 18.5 Å². The lowest BCUT2D eigenvalue weighted by atomic mass is 9.97. The van der Waals surface area contributed by atoms with Crippen LogP contribution in [0, 0.1) is 12.8 Å². The summed E-state index contributed by atoms with van der Waals surface area (Å²) in [5, 5.41) is 4.50. The maximum absolute atomic E-state index is 6.08. The van der Waals surface area contributed by atoms with Gasteiger partial charge in [0, 0.05) is 39.4 Å². The molecule has 0 amide bonds. The van der Waals surface area contributed by atoms with Crippen LogP contribution in [0.3, 0.4) is 0 Å². The van der Waals surface area contributed by atoms with Crippen LogP contribution in [-0.2, 0) is 11.2 Å². The number of nitrogens with zero attached hydrogens (tertiary/aromatic N) is 6. The number of hydrogen-bond donors (Lipinski definition) is 1. The quantitative estimate of drug-likeness (QED) is 0.508. The minimum Gasteiger partial charge on any atom is -0.462 e. The summed E-state index contributed by atoms with van der Waals surface area (Å²) >= 11 is 0. The molecule has 0 radical (unpaired) electrons. The summed E-state index contributed by atoms with van der Waals surface area (Å²) in [5.41, 5.74) is 9.83. The van der Waals surface area contributed by atoms with Crippen LogP contribution in [0.4, 0.5) is 11.6 Å². The lowest BCUT2D eigenvalue weighted by Gasteiger charge is -2.33. The molecule has 2 N–H and O–H groups in total. The van der Waals surface area contributed by atoms with Gasteiger partial charge in [-0.25, -0.2) is 14.5 Å². The number of hydrogen-bond acceptors (Lipinski definition) is 8. The average molecular weight is 440 g/mol. The van der Waals surface area contributed by atoms with Crippen molar-refractivity contribution in [3.63, 3.8) is 0 Å². The lowest BCUT2D eigenvalue weighted by molar-refractivity contribution is 0.139. The summed E-state index contributed by atoms with van der Waals surface area (Å²) in [7, 11) is 1.78. The number of aryl methyl sites for hydroxylation is 1. The number of imidazole rings is 1. The summed E-state index contributed by atoms with van der Waals surface area (Å²) in [6.07, 6.45) is 8.66. The second kappa shape index (κ2) is 10.1. The van der Waals surface area contributed by atoms with E-state index in [0.717, 1.165) is 62.5 Å². The minimum atomic E-state index is 0.282. The topological polar surface area (TPSA) is 104 Å². The molecule has 0 atom stereocenters. The predicted molar refractivity (Wildman–Crippen MR) is 124 cm³/mol. The van der Waals surface area contributed by atoms with E-state index in [-0.39, 0.29) is 6.01 Å². The van der Waals surface area contributed by atoms with E-state index < -0.39 is 0 Å². The van der Waals surface area contributed by atoms with E-state index in [1.165, 1.54) is 5.56 Å². The molecule has 9 heteroatoms. The first-order valence-electron chi connectivity index (χ1n) is 11.4. The number of fused-ring (bicyclic) bond motifs is 1. The maximum Gasteiger partial charge on any atom is 0.336 e. The molecule has 3 aromatic heterocycles. The number of nitrogen functional groups attached to an aromatic ring is 1. The van der Waals surface area contributed by atoms with Crippen molar-refractivity contribution in [3.05, 3.63) is 35.3 Å². The van der Waals surface area contributed by atoms with E-state index in [4.69, 9.17) is 20.2 Å². The molecule has 4 heterocycles. The molecule has 0 spiro atoms. The Hall–Kier alpha value is -2.94. The number of anilines is 2. The monoisotopic (exact) mass is 439 g/mol. The highest BCUT2D eigenvalue weighted by Crippen LogP contribution is 2.26. The fourth-order valence-corrected chi connectivity index (χ4v) is 4.23. The van der Waals surface area contributed by atoms with Crippen molar-refractivity contribution in [2.75, 3.05) is 44.0 Å². The van der Waals surface area contributed by atoms with Gasteiger partial charge in [0.2, 0.25) is 0 Å². The van der Waals surface area contributed by atoms with Crippen LogP contribution in [0.25, 0.3) is 5.65 Å². The number of unbranched alkanes of at least 4 members (excludes halogenated alkanes) is 1. The standard InChI is InChI=1S/C23H33N7O2/c1-4-5-10-32-23-27-20(24)22-26-14-19(30(22)28-23)12-18-11-16(2)21(25-13-18)29-8-6-17(7-9-29)15-31-3/h11,13-14,17H,4-10,12,15H2,1-3H3,(H2,24,27,28). The van der Waals surface area contributed by atoms with Gasteiger partial charge in [-0.1, -0.05) is 19.4 Å². The van der Waals surface area contributed by atoms with Gasteiger partial charge in [-0.15, -0.1) is 5.10 Å². The molecule has 9 nitrogen and oxygen atoms in total. The summed E-state index contributed by atoms with van der Waals surface area (Å²) in [6, 6.07) is 2.48. The minimum absolute atomic E-state index is 0.282. The van der Waals surface area contributed by atoms with Gasteiger partial charge >= 0.3 is 6.01 Å². The van der Waals surface area contributed by atoms with Gasteiger partial charge in [0.1, 0.15) is 5.82 Å². The van der Waals surface area contributed by atoms with Crippen molar-refractivity contribution in [1.82, 2.24) is 24.6 Å². The van der Waals surface area contributed by atoms with Gasteiger partial charge in [0.25, 0.3) is 0 Å². The third-order valence-electron chi connectivity index (χ3n) is 5.98. The van der Waals surface area contributed by atoms with Crippen molar-refractivity contribution < 1.29 is 9.47 Å². The van der Waals surface area contributed by atoms with Gasteiger partial charge in [-0.05, 0) is 43.2 Å². The zero-order valence-corrected chi connectivity index (χ0v) is 19.3. The first-order valence-corrected chi connectivity index (χ1v) is 11.4. The third-order valence-corrected chi connectivity index (χ3v) is 5.98. The number of methoxy groups -OCH3 is 1. The highest BCUT2D eigenvalue weighted by molar-refractivity contribution is 5.60. The van der Waals surface area contributed by atoms with Crippen LogP contribution in [0.1, 0.15) is 49.4 Å². The molecule has 4 rings (SSSR count). The summed E-state index contributed by atoms with van der Waals surface area (Å²) in [5.74, 6) is 2.04. The Kier molecular flexibility index (Phi) is 7.04. The molecule has 1 aliphatic heterocycles. The van der Waals surface area contributed by atoms with Crippen LogP contribution >= 0.6 is 0 Å². The molecule has 1 fully saturated rings. The van der Waals surface area contributed by atoms with Crippen LogP contribution in [0.5, 0.6) is 6.01 Å². The Bertz CT molecular complexity index is 1040. The first-order chi connectivity index (χ1) is 15.6. The number of aromatic nitrogens is 5. The first kappa shape index (κ1) is 22.3. The fourth-order valence-electron chi connectivity index (χ4n) is 4.23. The van der Waals surface area contributed by atoms with Crippen molar-refractivity contribution in [2.45, 2.75) is 46.0 Å². The van der Waals surface area contributed by atoms with E-state index >= 15 is 0 Å². The molecular formula is C23H33N7O2. The van der Waals surface area contributed by atoms with E-state index in [2.05, 4.69) is 39.9 Å². The Morgan fingerprint density at radius 1 is 1.19 bits per heavy atom. The Morgan fingerprint density at radius 3 is 2.72 bits per heavy atom. The lowest BCUT2D eigenvalue weighted by Crippen LogP contribution is -2.36. The normalized spacial score (nSPS) is 14.9. The highest BCUT2D eigenvalue weighted by atomic mass is 16.5. The second-order valence-electron chi connectivity index (χ2n) is 8.51. The molecule has 0 aromatic carbocycles. The summed E-state index contributed by atoms with van der Waals surface area (Å²) in [6.45, 7) is 7.69.